The molecule has 1 heterocycles. The third-order valence-corrected chi connectivity index (χ3v) is 4.68. The zero-order valence-corrected chi connectivity index (χ0v) is 11.9. The summed E-state index contributed by atoms with van der Waals surface area (Å²) in [6, 6.07) is 2.21. The van der Waals surface area contributed by atoms with E-state index in [1.807, 2.05) is 20.0 Å². The zero-order valence-electron chi connectivity index (χ0n) is 11.0. The van der Waals surface area contributed by atoms with E-state index in [1.54, 1.807) is 11.0 Å². The number of carbonyl (C=O) groups excluding carboxylic acids is 1. The highest BCUT2D eigenvalue weighted by Crippen LogP contribution is 2.28. The number of aryl methyl sites for hydroxylation is 1. The lowest BCUT2D eigenvalue weighted by Gasteiger charge is -2.34. The maximum absolute atomic E-state index is 12.3. The van der Waals surface area contributed by atoms with Gasteiger partial charge in [-0.05, 0) is 43.9 Å². The van der Waals surface area contributed by atoms with Crippen molar-refractivity contribution in [2.45, 2.75) is 32.2 Å². The Kier molecular flexibility index (Phi) is 4.04. The Morgan fingerprint density at radius 2 is 2.16 bits per heavy atom. The fourth-order valence-corrected chi connectivity index (χ4v) is 3.09. The van der Waals surface area contributed by atoms with Crippen molar-refractivity contribution in [3.63, 3.8) is 0 Å². The van der Waals surface area contributed by atoms with E-state index in [4.69, 9.17) is 5.11 Å². The summed E-state index contributed by atoms with van der Waals surface area (Å²) in [5, 5.41) is 8.62. The molecule has 1 fully saturated rings. The summed E-state index contributed by atoms with van der Waals surface area (Å²) in [7, 11) is 1.84. The number of thiophene rings is 1. The topological polar surface area (TPSA) is 57.6 Å². The minimum Gasteiger partial charge on any atom is -0.478 e. The summed E-state index contributed by atoms with van der Waals surface area (Å²) >= 11 is 1.35. The van der Waals surface area contributed by atoms with Gasteiger partial charge in [0, 0.05) is 24.0 Å². The summed E-state index contributed by atoms with van der Waals surface area (Å²) in [6.07, 6.45) is 6.00. The quantitative estimate of drug-likeness (QED) is 0.862. The lowest BCUT2D eigenvalue weighted by Crippen LogP contribution is -2.40. The Balaban J connectivity index is 2.14. The van der Waals surface area contributed by atoms with Crippen LogP contribution in [-0.2, 0) is 4.79 Å². The molecule has 1 aliphatic carbocycles. The van der Waals surface area contributed by atoms with Crippen LogP contribution in [0, 0.1) is 6.92 Å². The molecular weight excluding hydrogens is 262 g/mol. The molecule has 1 aromatic rings. The van der Waals surface area contributed by atoms with E-state index >= 15 is 0 Å². The van der Waals surface area contributed by atoms with Gasteiger partial charge in [-0.25, -0.2) is 4.79 Å². The van der Waals surface area contributed by atoms with E-state index < -0.39 is 5.97 Å². The zero-order chi connectivity index (χ0) is 14.0. The number of amides is 1. The van der Waals surface area contributed by atoms with Gasteiger partial charge < -0.3 is 10.0 Å². The smallest absolute Gasteiger partial charge is 0.328 e. The van der Waals surface area contributed by atoms with Crippen molar-refractivity contribution < 1.29 is 14.7 Å². The molecule has 0 spiro atoms. The molecule has 102 valence electrons. The molecule has 0 radical (unpaired) electrons. The summed E-state index contributed by atoms with van der Waals surface area (Å²) in [4.78, 5) is 26.1. The molecule has 1 amide bonds. The van der Waals surface area contributed by atoms with E-state index in [2.05, 4.69) is 0 Å². The molecule has 1 aromatic heterocycles. The van der Waals surface area contributed by atoms with Crippen LogP contribution in [0.2, 0.25) is 0 Å². The molecule has 0 aromatic carbocycles. The first kappa shape index (κ1) is 13.8. The molecule has 0 saturated heterocycles. The van der Waals surface area contributed by atoms with Gasteiger partial charge >= 0.3 is 5.97 Å². The number of aliphatic carboxylic acids is 1. The van der Waals surface area contributed by atoms with Gasteiger partial charge in [-0.1, -0.05) is 0 Å². The molecule has 0 bridgehead atoms. The largest absolute Gasteiger partial charge is 0.478 e. The Morgan fingerprint density at radius 1 is 1.47 bits per heavy atom. The summed E-state index contributed by atoms with van der Waals surface area (Å²) in [6.45, 7) is 1.89. The molecule has 19 heavy (non-hydrogen) atoms. The van der Waals surface area contributed by atoms with Gasteiger partial charge in [0.1, 0.15) is 0 Å². The van der Waals surface area contributed by atoms with E-state index in [9.17, 15) is 9.59 Å². The van der Waals surface area contributed by atoms with Crippen molar-refractivity contribution in [3.8, 4) is 0 Å². The molecule has 4 nitrogen and oxygen atoms in total. The van der Waals surface area contributed by atoms with Crippen LogP contribution in [-0.4, -0.2) is 35.0 Å². The van der Waals surface area contributed by atoms with Crippen molar-refractivity contribution in [2.75, 3.05) is 7.05 Å². The number of rotatable bonds is 4. The summed E-state index contributed by atoms with van der Waals surface area (Å²) < 4.78 is 0. The monoisotopic (exact) mass is 279 g/mol. The maximum Gasteiger partial charge on any atom is 0.328 e. The third-order valence-electron chi connectivity index (χ3n) is 3.49. The molecule has 0 atom stereocenters. The predicted molar refractivity (Wildman–Crippen MR) is 75.5 cm³/mol. The average molecular weight is 279 g/mol. The van der Waals surface area contributed by atoms with Gasteiger partial charge in [-0.2, -0.15) is 0 Å². The summed E-state index contributed by atoms with van der Waals surface area (Å²) in [5.74, 6) is -0.944. The summed E-state index contributed by atoms with van der Waals surface area (Å²) in [5.41, 5.74) is 0.938. The Hall–Kier alpha value is -1.62. The number of hydrogen-bond acceptors (Lipinski definition) is 3. The fourth-order valence-electron chi connectivity index (χ4n) is 2.03. The van der Waals surface area contributed by atoms with E-state index in [0.717, 1.165) is 29.4 Å². The normalized spacial score (nSPS) is 15.5. The number of carbonyl (C=O) groups is 2. The van der Waals surface area contributed by atoms with Gasteiger partial charge in [0.15, 0.2) is 0 Å². The molecule has 1 saturated carbocycles. The second-order valence-corrected chi connectivity index (χ2v) is 5.91. The highest BCUT2D eigenvalue weighted by atomic mass is 32.1. The van der Waals surface area contributed by atoms with Gasteiger partial charge in [0.2, 0.25) is 0 Å². The van der Waals surface area contributed by atoms with Crippen molar-refractivity contribution in [1.29, 1.82) is 0 Å². The first-order chi connectivity index (χ1) is 8.99. The molecule has 1 N–H and O–H groups in total. The highest BCUT2D eigenvalue weighted by Gasteiger charge is 2.27. The SMILES string of the molecule is Cc1cc(C(=O)N(C)C2CCC2)sc1/C=C/C(=O)O. The second-order valence-electron chi connectivity index (χ2n) is 4.83. The minimum absolute atomic E-state index is 0.0350. The van der Waals surface area contributed by atoms with Crippen molar-refractivity contribution in [3.05, 3.63) is 27.5 Å². The Morgan fingerprint density at radius 3 is 2.68 bits per heavy atom. The van der Waals surface area contributed by atoms with Gasteiger partial charge in [-0.3, -0.25) is 4.79 Å². The molecule has 5 heteroatoms. The lowest BCUT2D eigenvalue weighted by atomic mass is 9.92. The molecular formula is C14H17NO3S. The van der Waals surface area contributed by atoms with Crippen LogP contribution in [0.3, 0.4) is 0 Å². The number of carboxylic acid groups (broad SMARTS) is 1. The van der Waals surface area contributed by atoms with Crippen LogP contribution in [0.5, 0.6) is 0 Å². The Labute approximate surface area is 116 Å². The van der Waals surface area contributed by atoms with E-state index in [0.29, 0.717) is 10.9 Å². The van der Waals surface area contributed by atoms with Crippen LogP contribution >= 0.6 is 11.3 Å². The Bertz CT molecular complexity index is 529. The van der Waals surface area contributed by atoms with Crippen LogP contribution in [0.1, 0.15) is 39.4 Å². The van der Waals surface area contributed by atoms with Gasteiger partial charge in [0.05, 0.1) is 4.88 Å². The molecule has 0 aliphatic heterocycles. The van der Waals surface area contributed by atoms with Crippen molar-refractivity contribution in [2.24, 2.45) is 0 Å². The standard InChI is InChI=1S/C14H17NO3S/c1-9-8-12(19-11(9)6-7-13(16)17)14(18)15(2)10-4-3-5-10/h6-8,10H,3-5H2,1-2H3,(H,16,17)/b7-6+. The van der Waals surface area contributed by atoms with Crippen molar-refractivity contribution >= 4 is 29.3 Å². The van der Waals surface area contributed by atoms with Gasteiger partial charge in [-0.15, -0.1) is 11.3 Å². The third kappa shape index (κ3) is 3.04. The van der Waals surface area contributed by atoms with Crippen LogP contribution in [0.15, 0.2) is 12.1 Å². The van der Waals surface area contributed by atoms with Crippen LogP contribution in [0.4, 0.5) is 0 Å². The minimum atomic E-state index is -0.979. The molecule has 1 aliphatic rings. The number of nitrogens with zero attached hydrogens (tertiary/aromatic N) is 1. The van der Waals surface area contributed by atoms with Crippen molar-refractivity contribution in [1.82, 2.24) is 4.90 Å². The fraction of sp³-hybridized carbons (Fsp3) is 0.429. The first-order valence-electron chi connectivity index (χ1n) is 6.27. The molecule has 2 rings (SSSR count). The number of carboxylic acids is 1. The van der Waals surface area contributed by atoms with Crippen LogP contribution in [0.25, 0.3) is 6.08 Å². The average Bonchev–Trinajstić information content (AvgIpc) is 2.64. The van der Waals surface area contributed by atoms with Gasteiger partial charge in [0.25, 0.3) is 5.91 Å². The first-order valence-corrected chi connectivity index (χ1v) is 7.09. The predicted octanol–water partition coefficient (Wildman–Crippen LogP) is 2.78. The lowest BCUT2D eigenvalue weighted by molar-refractivity contribution is -0.131. The van der Waals surface area contributed by atoms with Crippen LogP contribution < -0.4 is 0 Å². The maximum atomic E-state index is 12.3. The second kappa shape index (κ2) is 5.57. The molecule has 0 unspecified atom stereocenters. The van der Waals surface area contributed by atoms with E-state index in [1.165, 1.54) is 17.8 Å². The highest BCUT2D eigenvalue weighted by molar-refractivity contribution is 7.15. The number of hydrogen-bond donors (Lipinski definition) is 1. The van der Waals surface area contributed by atoms with E-state index in [-0.39, 0.29) is 5.91 Å².